The normalized spacial score (nSPS) is 13.0. The van der Waals surface area contributed by atoms with Gasteiger partial charge in [-0.15, -0.1) is 29.3 Å². The number of nitrogens with zero attached hydrogens (tertiary/aromatic N) is 3. The molecule has 0 bridgehead atoms. The fourth-order valence-electron chi connectivity index (χ4n) is 7.98. The predicted octanol–water partition coefficient (Wildman–Crippen LogP) is 11.6. The van der Waals surface area contributed by atoms with Crippen LogP contribution in [0.1, 0.15) is 49.9 Å². The fourth-order valence-corrected chi connectivity index (χ4v) is 7.98. The summed E-state index contributed by atoms with van der Waals surface area (Å²) in [4.78, 5) is 10.4. The second kappa shape index (κ2) is 13.1. The van der Waals surface area contributed by atoms with Crippen molar-refractivity contribution in [2.45, 2.75) is 38.5 Å². The molecule has 1 N–H and O–H groups in total. The molecule has 0 saturated heterocycles. The molecule has 2 aromatic heterocycles. The van der Waals surface area contributed by atoms with Crippen molar-refractivity contribution in [3.8, 4) is 56.3 Å². The zero-order chi connectivity index (χ0) is 35.6. The van der Waals surface area contributed by atoms with Gasteiger partial charge in [0, 0.05) is 55.0 Å². The van der Waals surface area contributed by atoms with Crippen LogP contribution in [0, 0.1) is 6.07 Å². The number of hydrogen-bond donors (Lipinski definition) is 1. The molecule has 0 aliphatic heterocycles. The number of rotatable bonds is 6. The summed E-state index contributed by atoms with van der Waals surface area (Å²) in [6, 6.07) is 53.9. The summed E-state index contributed by atoms with van der Waals surface area (Å²) in [6.45, 7) is 9.17. The summed E-state index contributed by atoms with van der Waals surface area (Å²) in [5.74, 6) is 0.861. The van der Waals surface area contributed by atoms with Gasteiger partial charge in [-0.1, -0.05) is 142 Å². The molecule has 0 unspecified atom stereocenters. The molecule has 0 atom stereocenters. The van der Waals surface area contributed by atoms with Crippen molar-refractivity contribution in [2.24, 2.45) is 0 Å². The van der Waals surface area contributed by atoms with Crippen LogP contribution in [0.3, 0.4) is 0 Å². The van der Waals surface area contributed by atoms with Crippen molar-refractivity contribution in [1.82, 2.24) is 14.5 Å². The van der Waals surface area contributed by atoms with E-state index in [0.717, 1.165) is 44.7 Å². The maximum atomic E-state index is 11.0. The summed E-state index contributed by atoms with van der Waals surface area (Å²) in [5.41, 5.74) is 14.1. The van der Waals surface area contributed by atoms with E-state index in [2.05, 4.69) is 141 Å². The summed E-state index contributed by atoms with van der Waals surface area (Å²) < 4.78 is 2.13. The van der Waals surface area contributed by atoms with E-state index in [1.807, 2.05) is 42.6 Å². The van der Waals surface area contributed by atoms with Gasteiger partial charge in [0.2, 0.25) is 0 Å². The van der Waals surface area contributed by atoms with Crippen LogP contribution in [0.15, 0.2) is 152 Å². The minimum Gasteiger partial charge on any atom is -0.507 e. The zero-order valence-corrected chi connectivity index (χ0v) is 32.3. The second-order valence-corrected chi connectivity index (χ2v) is 14.8. The molecule has 4 nitrogen and oxygen atoms in total. The molecule has 0 radical (unpaired) electrons. The first kappa shape index (κ1) is 34.5. The monoisotopic (exact) mass is 867 g/mol. The van der Waals surface area contributed by atoms with Crippen molar-refractivity contribution in [3.63, 3.8) is 0 Å². The number of aromatic hydroxyl groups is 1. The number of pyridine rings is 1. The van der Waals surface area contributed by atoms with E-state index in [9.17, 15) is 5.11 Å². The number of benzene rings is 6. The second-order valence-electron chi connectivity index (χ2n) is 14.8. The summed E-state index contributed by atoms with van der Waals surface area (Å²) in [5, 5.41) is 11.0. The first-order valence-electron chi connectivity index (χ1n) is 17.8. The molecule has 6 aromatic carbocycles. The van der Waals surface area contributed by atoms with Crippen LogP contribution in [0.4, 0.5) is 0 Å². The van der Waals surface area contributed by atoms with Crippen LogP contribution in [-0.2, 0) is 31.9 Å². The van der Waals surface area contributed by atoms with E-state index in [4.69, 9.17) is 9.97 Å². The minimum absolute atomic E-state index is 0. The van der Waals surface area contributed by atoms with Crippen LogP contribution >= 0.6 is 0 Å². The third kappa shape index (κ3) is 5.64. The largest absolute Gasteiger partial charge is 0.507 e. The first-order valence-corrected chi connectivity index (χ1v) is 17.8. The molecule has 0 amide bonds. The van der Waals surface area contributed by atoms with E-state index in [1.54, 1.807) is 6.07 Å². The molecule has 262 valence electrons. The number of fused-ring (bicyclic) bond motifs is 4. The van der Waals surface area contributed by atoms with Crippen LogP contribution < -0.4 is 0 Å². The van der Waals surface area contributed by atoms with E-state index in [1.165, 1.54) is 27.8 Å². The third-order valence-electron chi connectivity index (χ3n) is 11.0. The molecule has 0 fully saturated rings. The van der Waals surface area contributed by atoms with Crippen LogP contribution in [-0.4, -0.2) is 19.6 Å². The molecular weight excluding hydrogens is 830 g/mol. The van der Waals surface area contributed by atoms with Crippen molar-refractivity contribution < 1.29 is 26.2 Å². The third-order valence-corrected chi connectivity index (χ3v) is 11.0. The Bertz CT molecular complexity index is 2640. The van der Waals surface area contributed by atoms with Crippen LogP contribution in [0.5, 0.6) is 5.75 Å². The molecular formula is C48H38N3OPt-. The first-order chi connectivity index (χ1) is 25.2. The quantitative estimate of drug-likeness (QED) is 0.169. The van der Waals surface area contributed by atoms with Crippen molar-refractivity contribution in [2.75, 3.05) is 0 Å². The zero-order valence-electron chi connectivity index (χ0n) is 30.0. The molecule has 1 aliphatic carbocycles. The van der Waals surface area contributed by atoms with E-state index in [-0.39, 0.29) is 37.6 Å². The van der Waals surface area contributed by atoms with Gasteiger partial charge in [-0.25, -0.2) is 4.98 Å². The Labute approximate surface area is 325 Å². The molecule has 2 heterocycles. The summed E-state index contributed by atoms with van der Waals surface area (Å²) in [6.07, 6.45) is 2.04. The standard InChI is InChI=1S/C48H38N3O.Pt/c1-47(2,33-16-7-5-8-17-33)34-27-31(26-32(28-34)42-29-41-39(30-49-42)37-20-11-13-23-40(37)48(41,3)4)36-22-15-24-43-45(36)50-46(38-21-12-14-25-44(38)52)51(43)35-18-9-6-10-19-35;/h5-25,27-30,52H,1-4H3;/q-1;. The molecule has 1 aliphatic rings. The van der Waals surface area contributed by atoms with Gasteiger partial charge in [0.15, 0.2) is 0 Å². The molecule has 5 heteroatoms. The molecule has 0 spiro atoms. The number of phenols is 1. The Morgan fingerprint density at radius 1 is 0.623 bits per heavy atom. The molecule has 53 heavy (non-hydrogen) atoms. The van der Waals surface area contributed by atoms with Crippen LogP contribution in [0.2, 0.25) is 0 Å². The van der Waals surface area contributed by atoms with Gasteiger partial charge in [-0.2, -0.15) is 0 Å². The Balaban J connectivity index is 0.00000400. The topological polar surface area (TPSA) is 50.9 Å². The van der Waals surface area contributed by atoms with Gasteiger partial charge < -0.3 is 5.11 Å². The summed E-state index contributed by atoms with van der Waals surface area (Å²) >= 11 is 0. The van der Waals surface area contributed by atoms with Gasteiger partial charge in [-0.3, -0.25) is 9.55 Å². The Kier molecular flexibility index (Phi) is 8.55. The number of phenolic OH excluding ortho intramolecular Hbond substituents is 1. The van der Waals surface area contributed by atoms with Gasteiger partial charge in [0.1, 0.15) is 11.6 Å². The average molecular weight is 868 g/mol. The number of hydrogen-bond acceptors (Lipinski definition) is 3. The maximum absolute atomic E-state index is 11.0. The number of aromatic nitrogens is 3. The number of para-hydroxylation sites is 3. The SMILES string of the molecule is CC(C)(c1ccccc1)c1cc(-c2cc3c(cn2)-c2ccccc2C3(C)C)[c-]c(-c2cccc3c2nc(-c2ccccc2O)n3-c2ccccc2)c1.[Pt]. The smallest absolute Gasteiger partial charge is 0.148 e. The van der Waals surface area contributed by atoms with E-state index in [0.29, 0.717) is 11.4 Å². The van der Waals surface area contributed by atoms with Crippen molar-refractivity contribution in [1.29, 1.82) is 0 Å². The van der Waals surface area contributed by atoms with Gasteiger partial charge in [0.05, 0.1) is 16.6 Å². The molecule has 0 saturated carbocycles. The minimum atomic E-state index is -0.315. The van der Waals surface area contributed by atoms with Gasteiger partial charge in [0.25, 0.3) is 0 Å². The van der Waals surface area contributed by atoms with Crippen molar-refractivity contribution >= 4 is 11.0 Å². The summed E-state index contributed by atoms with van der Waals surface area (Å²) in [7, 11) is 0. The van der Waals surface area contributed by atoms with E-state index >= 15 is 0 Å². The average Bonchev–Trinajstić information content (AvgIpc) is 3.68. The number of imidazole rings is 1. The predicted molar refractivity (Wildman–Crippen MR) is 212 cm³/mol. The molecule has 9 rings (SSSR count). The Morgan fingerprint density at radius 3 is 2.02 bits per heavy atom. The van der Waals surface area contributed by atoms with E-state index < -0.39 is 0 Å². The maximum Gasteiger partial charge on any atom is 0.148 e. The fraction of sp³-hybridized carbons (Fsp3) is 0.125. The van der Waals surface area contributed by atoms with Crippen molar-refractivity contribution in [3.05, 3.63) is 180 Å². The van der Waals surface area contributed by atoms with Gasteiger partial charge in [-0.05, 0) is 52.6 Å². The Hall–Kier alpha value is -5.57. The molecule has 8 aromatic rings. The van der Waals surface area contributed by atoms with Gasteiger partial charge >= 0.3 is 0 Å². The Morgan fingerprint density at radius 2 is 1.26 bits per heavy atom. The van der Waals surface area contributed by atoms with Crippen LogP contribution in [0.25, 0.3) is 61.6 Å².